The Morgan fingerprint density at radius 1 is 0.969 bits per heavy atom. The Kier molecular flexibility index (Phi) is 6.51. The number of hydrogen-bond acceptors (Lipinski definition) is 3. The average molecular weight is 434 g/mol. The summed E-state index contributed by atoms with van der Waals surface area (Å²) in [6.45, 7) is 5.27. The summed E-state index contributed by atoms with van der Waals surface area (Å²) in [7, 11) is 1.82. The molecule has 1 fully saturated rings. The minimum absolute atomic E-state index is 0.151. The molecule has 5 nitrogen and oxygen atoms in total. The topological polar surface area (TPSA) is 45.6 Å². The van der Waals surface area contributed by atoms with Crippen LogP contribution < -0.4 is 5.43 Å². The van der Waals surface area contributed by atoms with Crippen molar-refractivity contribution < 1.29 is 9.18 Å². The molecule has 32 heavy (non-hydrogen) atoms. The molecule has 4 rings (SSSR count). The van der Waals surface area contributed by atoms with Crippen LogP contribution in [-0.4, -0.2) is 46.5 Å². The summed E-state index contributed by atoms with van der Waals surface area (Å²) in [6, 6.07) is 18.2. The van der Waals surface area contributed by atoms with Crippen molar-refractivity contribution >= 4 is 5.91 Å². The number of carbonyl (C=O) groups excluding carboxylic acids is 1. The van der Waals surface area contributed by atoms with Crippen LogP contribution in [0.1, 0.15) is 32.9 Å². The van der Waals surface area contributed by atoms with Crippen LogP contribution in [0.25, 0.3) is 0 Å². The number of hydrogen-bond donors (Lipinski definition) is 0. The van der Waals surface area contributed by atoms with Gasteiger partial charge in [0.2, 0.25) is 0 Å². The van der Waals surface area contributed by atoms with Crippen LogP contribution in [0.4, 0.5) is 4.39 Å². The molecule has 166 valence electrons. The van der Waals surface area contributed by atoms with Crippen molar-refractivity contribution in [3.63, 3.8) is 0 Å². The minimum atomic E-state index is -0.339. The Morgan fingerprint density at radius 2 is 1.62 bits per heavy atom. The smallest absolute Gasteiger partial charge is 0.259 e. The van der Waals surface area contributed by atoms with Gasteiger partial charge in [-0.2, -0.15) is 0 Å². The third-order valence-corrected chi connectivity index (χ3v) is 6.25. The summed E-state index contributed by atoms with van der Waals surface area (Å²) in [5.41, 5.74) is 2.85. The second-order valence-corrected chi connectivity index (χ2v) is 8.35. The number of benzene rings is 2. The number of halogens is 1. The standard InChI is InChI=1S/C26H28FN3O2/c1-19-16-24(31)25(23(28(19)2)17-21-10-6-7-11-22(21)27)26(32)30-14-12-29(13-15-30)18-20-8-4-3-5-9-20/h3-11,16H,12-15,17-18H2,1-2H3. The van der Waals surface area contributed by atoms with E-state index in [4.69, 9.17) is 0 Å². The van der Waals surface area contributed by atoms with Gasteiger partial charge in [-0.15, -0.1) is 0 Å². The largest absolute Gasteiger partial charge is 0.351 e. The van der Waals surface area contributed by atoms with Crippen LogP contribution in [0.5, 0.6) is 0 Å². The highest BCUT2D eigenvalue weighted by Crippen LogP contribution is 2.18. The minimum Gasteiger partial charge on any atom is -0.351 e. The molecule has 1 aliphatic rings. The number of aryl methyl sites for hydroxylation is 1. The summed E-state index contributed by atoms with van der Waals surface area (Å²) < 4.78 is 16.2. The van der Waals surface area contributed by atoms with Crippen molar-refractivity contribution in [2.45, 2.75) is 19.9 Å². The Labute approximate surface area is 187 Å². The first-order chi connectivity index (χ1) is 15.4. The third-order valence-electron chi connectivity index (χ3n) is 6.25. The van der Waals surface area contributed by atoms with Crippen LogP contribution in [-0.2, 0) is 20.0 Å². The van der Waals surface area contributed by atoms with E-state index in [1.165, 1.54) is 17.7 Å². The normalized spacial score (nSPS) is 14.5. The van der Waals surface area contributed by atoms with Gasteiger partial charge in [-0.3, -0.25) is 14.5 Å². The van der Waals surface area contributed by atoms with Crippen molar-refractivity contribution in [3.05, 3.63) is 105 Å². The van der Waals surface area contributed by atoms with Crippen LogP contribution in [0.3, 0.4) is 0 Å². The maximum Gasteiger partial charge on any atom is 0.259 e. The molecule has 1 aliphatic heterocycles. The summed E-state index contributed by atoms with van der Waals surface area (Å²) in [5, 5.41) is 0. The van der Waals surface area contributed by atoms with E-state index in [1.807, 2.05) is 36.7 Å². The molecule has 0 unspecified atom stereocenters. The highest BCUT2D eigenvalue weighted by molar-refractivity contribution is 5.95. The number of aromatic nitrogens is 1. The molecule has 6 heteroatoms. The molecule has 1 aromatic heterocycles. The Morgan fingerprint density at radius 3 is 2.31 bits per heavy atom. The van der Waals surface area contributed by atoms with Gasteiger partial charge in [0.05, 0.1) is 0 Å². The lowest BCUT2D eigenvalue weighted by Crippen LogP contribution is -2.49. The van der Waals surface area contributed by atoms with Crippen molar-refractivity contribution in [2.24, 2.45) is 7.05 Å². The number of amides is 1. The molecular formula is C26H28FN3O2. The molecule has 1 saturated heterocycles. The number of nitrogens with zero attached hydrogens (tertiary/aromatic N) is 3. The quantitative estimate of drug-likeness (QED) is 0.620. The molecular weight excluding hydrogens is 405 g/mol. The molecule has 0 N–H and O–H groups in total. The van der Waals surface area contributed by atoms with E-state index >= 15 is 0 Å². The van der Waals surface area contributed by atoms with E-state index in [2.05, 4.69) is 17.0 Å². The SMILES string of the molecule is Cc1cc(=O)c(C(=O)N2CCN(Cc3ccccc3)CC2)c(Cc2ccccc2F)n1C. The molecule has 0 saturated carbocycles. The van der Waals surface area contributed by atoms with Gasteiger partial charge in [0, 0.05) is 63.6 Å². The zero-order chi connectivity index (χ0) is 22.7. The highest BCUT2D eigenvalue weighted by atomic mass is 19.1. The van der Waals surface area contributed by atoms with Crippen LogP contribution in [0.2, 0.25) is 0 Å². The van der Waals surface area contributed by atoms with E-state index in [0.717, 1.165) is 25.3 Å². The zero-order valence-corrected chi connectivity index (χ0v) is 18.6. The molecule has 0 atom stereocenters. The van der Waals surface area contributed by atoms with Crippen molar-refractivity contribution in [3.8, 4) is 0 Å². The van der Waals surface area contributed by atoms with E-state index in [-0.39, 0.29) is 29.1 Å². The highest BCUT2D eigenvalue weighted by Gasteiger charge is 2.27. The Bertz CT molecular complexity index is 1170. The van der Waals surface area contributed by atoms with Gasteiger partial charge in [-0.05, 0) is 24.1 Å². The van der Waals surface area contributed by atoms with Gasteiger partial charge in [-0.1, -0.05) is 48.5 Å². The average Bonchev–Trinajstić information content (AvgIpc) is 2.79. The molecule has 2 aromatic carbocycles. The maximum absolute atomic E-state index is 14.3. The first-order valence-electron chi connectivity index (χ1n) is 10.9. The molecule has 2 heterocycles. The second-order valence-electron chi connectivity index (χ2n) is 8.35. The number of carbonyl (C=O) groups is 1. The van der Waals surface area contributed by atoms with E-state index in [1.54, 1.807) is 23.1 Å². The third kappa shape index (κ3) is 4.65. The second kappa shape index (κ2) is 9.49. The predicted octanol–water partition coefficient (Wildman–Crippen LogP) is 3.38. The molecule has 1 amide bonds. The van der Waals surface area contributed by atoms with Crippen LogP contribution in [0, 0.1) is 12.7 Å². The first kappa shape index (κ1) is 22.0. The maximum atomic E-state index is 14.3. The molecule has 0 aliphatic carbocycles. The fraction of sp³-hybridized carbons (Fsp3) is 0.308. The van der Waals surface area contributed by atoms with Gasteiger partial charge >= 0.3 is 0 Å². The van der Waals surface area contributed by atoms with Crippen molar-refractivity contribution in [1.29, 1.82) is 0 Å². The number of piperazine rings is 1. The fourth-order valence-electron chi connectivity index (χ4n) is 4.25. The fourth-order valence-corrected chi connectivity index (χ4v) is 4.25. The van der Waals surface area contributed by atoms with Gasteiger partial charge in [0.15, 0.2) is 5.43 Å². The van der Waals surface area contributed by atoms with Gasteiger partial charge in [0.25, 0.3) is 5.91 Å². The van der Waals surface area contributed by atoms with Gasteiger partial charge in [-0.25, -0.2) is 4.39 Å². The summed E-state index contributed by atoms with van der Waals surface area (Å²) in [4.78, 5) is 30.4. The molecule has 3 aromatic rings. The summed E-state index contributed by atoms with van der Waals surface area (Å²) in [5.74, 6) is -0.606. The van der Waals surface area contributed by atoms with Gasteiger partial charge < -0.3 is 9.47 Å². The van der Waals surface area contributed by atoms with E-state index in [0.29, 0.717) is 24.3 Å². The Balaban J connectivity index is 1.55. The van der Waals surface area contributed by atoms with E-state index < -0.39 is 0 Å². The number of rotatable bonds is 5. The lowest BCUT2D eigenvalue weighted by atomic mass is 10.0. The van der Waals surface area contributed by atoms with Crippen molar-refractivity contribution in [1.82, 2.24) is 14.4 Å². The summed E-state index contributed by atoms with van der Waals surface area (Å²) >= 11 is 0. The number of pyridine rings is 1. The lowest BCUT2D eigenvalue weighted by molar-refractivity contribution is 0.0625. The molecule has 0 bridgehead atoms. The molecule has 0 spiro atoms. The van der Waals surface area contributed by atoms with Gasteiger partial charge in [0.1, 0.15) is 11.4 Å². The lowest BCUT2D eigenvalue weighted by Gasteiger charge is -2.35. The van der Waals surface area contributed by atoms with E-state index in [9.17, 15) is 14.0 Å². The van der Waals surface area contributed by atoms with Crippen LogP contribution >= 0.6 is 0 Å². The predicted molar refractivity (Wildman–Crippen MR) is 123 cm³/mol. The van der Waals surface area contributed by atoms with Crippen molar-refractivity contribution in [2.75, 3.05) is 26.2 Å². The Hall–Kier alpha value is -3.25. The first-order valence-corrected chi connectivity index (χ1v) is 10.9. The zero-order valence-electron chi connectivity index (χ0n) is 18.6. The van der Waals surface area contributed by atoms with Crippen LogP contribution in [0.15, 0.2) is 65.5 Å². The monoisotopic (exact) mass is 433 g/mol. The molecule has 0 radical (unpaired) electrons. The summed E-state index contributed by atoms with van der Waals surface area (Å²) in [6.07, 6.45) is 0.190.